The van der Waals surface area contributed by atoms with Gasteiger partial charge in [0, 0.05) is 17.1 Å². The zero-order valence-corrected chi connectivity index (χ0v) is 17.4. The molecule has 31 heavy (non-hydrogen) atoms. The van der Waals surface area contributed by atoms with Gasteiger partial charge in [0.1, 0.15) is 18.1 Å². The average molecular weight is 413 g/mol. The summed E-state index contributed by atoms with van der Waals surface area (Å²) in [5.41, 5.74) is 6.80. The second kappa shape index (κ2) is 9.17. The molecule has 4 rings (SSSR count). The fraction of sp³-hybridized carbons (Fsp3) is 0.120. The molecule has 6 heteroatoms. The van der Waals surface area contributed by atoms with Crippen molar-refractivity contribution in [2.24, 2.45) is 5.10 Å². The summed E-state index contributed by atoms with van der Waals surface area (Å²) in [5, 5.41) is 3.94. The Bertz CT molecular complexity index is 1170. The molecular formula is C25H23N3O3. The van der Waals surface area contributed by atoms with Crippen LogP contribution < -0.4 is 10.2 Å². The van der Waals surface area contributed by atoms with Crippen LogP contribution in [0.2, 0.25) is 0 Å². The topological polar surface area (TPSA) is 68.8 Å². The Morgan fingerprint density at radius 1 is 0.968 bits per heavy atom. The summed E-state index contributed by atoms with van der Waals surface area (Å²) in [6, 6.07) is 24.9. The van der Waals surface area contributed by atoms with Crippen molar-refractivity contribution >= 4 is 12.1 Å². The van der Waals surface area contributed by atoms with Crippen LogP contribution >= 0.6 is 0 Å². The number of aromatic nitrogens is 1. The van der Waals surface area contributed by atoms with Gasteiger partial charge in [0.25, 0.3) is 0 Å². The van der Waals surface area contributed by atoms with E-state index in [0.717, 1.165) is 17.0 Å². The van der Waals surface area contributed by atoms with E-state index in [4.69, 9.17) is 9.15 Å². The molecule has 0 saturated carbocycles. The molecule has 0 unspecified atom stereocenters. The molecule has 2 heterocycles. The molecule has 156 valence electrons. The van der Waals surface area contributed by atoms with Gasteiger partial charge in [-0.2, -0.15) is 5.10 Å². The molecule has 0 radical (unpaired) electrons. The van der Waals surface area contributed by atoms with E-state index in [1.165, 1.54) is 11.4 Å². The third kappa shape index (κ3) is 4.93. The minimum absolute atomic E-state index is 0.178. The van der Waals surface area contributed by atoms with Crippen LogP contribution in [0.3, 0.4) is 0 Å². The molecule has 0 saturated heterocycles. The lowest BCUT2D eigenvalue weighted by molar-refractivity contribution is 0.0923. The van der Waals surface area contributed by atoms with Crippen molar-refractivity contribution in [3.8, 4) is 11.4 Å². The Morgan fingerprint density at radius 2 is 1.68 bits per heavy atom. The number of aryl methyl sites for hydroxylation is 2. The summed E-state index contributed by atoms with van der Waals surface area (Å²) in [6.45, 7) is 4.38. The van der Waals surface area contributed by atoms with Crippen molar-refractivity contribution in [3.63, 3.8) is 0 Å². The lowest BCUT2D eigenvalue weighted by Gasteiger charge is -2.10. The van der Waals surface area contributed by atoms with Gasteiger partial charge >= 0.3 is 5.91 Å². The van der Waals surface area contributed by atoms with Gasteiger partial charge in [-0.15, -0.1) is 0 Å². The zero-order chi connectivity index (χ0) is 21.6. The van der Waals surface area contributed by atoms with E-state index in [1.807, 2.05) is 54.6 Å². The number of hydrogen-bond donors (Lipinski definition) is 1. The van der Waals surface area contributed by atoms with Crippen molar-refractivity contribution in [2.45, 2.75) is 20.5 Å². The number of rotatable bonds is 7. The van der Waals surface area contributed by atoms with Gasteiger partial charge in [-0.25, -0.2) is 5.43 Å². The maximum Gasteiger partial charge on any atom is 0.307 e. The number of carbonyl (C=O) groups excluding carboxylic acids is 1. The third-order valence-electron chi connectivity index (χ3n) is 4.81. The van der Waals surface area contributed by atoms with E-state index in [-0.39, 0.29) is 12.4 Å². The number of hydrazone groups is 1. The lowest BCUT2D eigenvalue weighted by Crippen LogP contribution is -2.16. The van der Waals surface area contributed by atoms with E-state index in [0.29, 0.717) is 5.76 Å². The maximum absolute atomic E-state index is 12.2. The van der Waals surface area contributed by atoms with Crippen molar-refractivity contribution in [1.29, 1.82) is 0 Å². The molecule has 1 amide bonds. The summed E-state index contributed by atoms with van der Waals surface area (Å²) >= 11 is 0. The highest BCUT2D eigenvalue weighted by Crippen LogP contribution is 2.20. The van der Waals surface area contributed by atoms with Crippen LogP contribution in [0, 0.1) is 13.8 Å². The summed E-state index contributed by atoms with van der Waals surface area (Å²) in [6.07, 6.45) is 1.57. The number of nitrogens with one attached hydrogen (secondary N) is 1. The maximum atomic E-state index is 12.2. The number of benzene rings is 2. The van der Waals surface area contributed by atoms with Crippen LogP contribution in [0.1, 0.15) is 33.3 Å². The summed E-state index contributed by atoms with van der Waals surface area (Å²) < 4.78 is 13.5. The molecule has 2 aromatic carbocycles. The zero-order valence-electron chi connectivity index (χ0n) is 17.4. The number of carbonyl (C=O) groups is 1. The molecule has 1 N–H and O–H groups in total. The number of nitrogens with zero attached hydrogens (tertiary/aromatic N) is 2. The van der Waals surface area contributed by atoms with Crippen molar-refractivity contribution in [1.82, 2.24) is 9.99 Å². The standard InChI is InChI=1S/C25H23N3O3/c1-18-8-9-19(2)28(18)21-10-12-22(13-11-21)30-17-23-14-15-24(31-23)25(29)27-26-16-20-6-4-3-5-7-20/h3-16H,17H2,1-2H3,(H,27,29). The predicted octanol–water partition coefficient (Wildman–Crippen LogP) is 5.03. The van der Waals surface area contributed by atoms with Gasteiger partial charge in [0.05, 0.1) is 6.21 Å². The minimum atomic E-state index is -0.416. The van der Waals surface area contributed by atoms with Crippen LogP contribution in [0.15, 0.2) is 88.4 Å². The Morgan fingerprint density at radius 3 is 2.39 bits per heavy atom. The van der Waals surface area contributed by atoms with Gasteiger partial charge in [-0.05, 0) is 67.9 Å². The molecule has 0 aliphatic heterocycles. The quantitative estimate of drug-likeness (QED) is 0.341. The number of amides is 1. The number of hydrogen-bond acceptors (Lipinski definition) is 4. The average Bonchev–Trinajstić information content (AvgIpc) is 3.40. The summed E-state index contributed by atoms with van der Waals surface area (Å²) in [4.78, 5) is 12.2. The number of furan rings is 1. The van der Waals surface area contributed by atoms with Gasteiger partial charge < -0.3 is 13.7 Å². The molecule has 2 aromatic heterocycles. The molecule has 0 fully saturated rings. The van der Waals surface area contributed by atoms with Gasteiger partial charge in [0.15, 0.2) is 5.76 Å². The monoisotopic (exact) mass is 413 g/mol. The van der Waals surface area contributed by atoms with E-state index in [1.54, 1.807) is 18.3 Å². The highest BCUT2D eigenvalue weighted by Gasteiger charge is 2.11. The first-order valence-corrected chi connectivity index (χ1v) is 9.95. The van der Waals surface area contributed by atoms with E-state index in [2.05, 4.69) is 41.1 Å². The van der Waals surface area contributed by atoms with Crippen molar-refractivity contribution in [3.05, 3.63) is 107 Å². The van der Waals surface area contributed by atoms with Crippen molar-refractivity contribution in [2.75, 3.05) is 0 Å². The highest BCUT2D eigenvalue weighted by atomic mass is 16.5. The van der Waals surface area contributed by atoms with Crippen LogP contribution in [0.5, 0.6) is 5.75 Å². The van der Waals surface area contributed by atoms with E-state index >= 15 is 0 Å². The van der Waals surface area contributed by atoms with Crippen LogP contribution in [-0.4, -0.2) is 16.7 Å². The third-order valence-corrected chi connectivity index (χ3v) is 4.81. The fourth-order valence-corrected chi connectivity index (χ4v) is 3.26. The van der Waals surface area contributed by atoms with Gasteiger partial charge in [-0.1, -0.05) is 30.3 Å². The minimum Gasteiger partial charge on any atom is -0.486 e. The molecular weight excluding hydrogens is 390 g/mol. The SMILES string of the molecule is Cc1ccc(C)n1-c1ccc(OCc2ccc(C(=O)NN=Cc3ccccc3)o2)cc1. The molecule has 0 atom stereocenters. The van der Waals surface area contributed by atoms with Gasteiger partial charge in [0.2, 0.25) is 0 Å². The fourth-order valence-electron chi connectivity index (χ4n) is 3.26. The Hall–Kier alpha value is -4.06. The van der Waals surface area contributed by atoms with Crippen LogP contribution in [0.4, 0.5) is 0 Å². The first-order chi connectivity index (χ1) is 15.1. The summed E-state index contributed by atoms with van der Waals surface area (Å²) in [5.74, 6) is 1.04. The van der Waals surface area contributed by atoms with E-state index in [9.17, 15) is 4.79 Å². The largest absolute Gasteiger partial charge is 0.486 e. The Balaban J connectivity index is 1.32. The van der Waals surface area contributed by atoms with Crippen LogP contribution in [-0.2, 0) is 6.61 Å². The van der Waals surface area contributed by atoms with Crippen molar-refractivity contribution < 1.29 is 13.9 Å². The molecule has 4 aromatic rings. The molecule has 6 nitrogen and oxygen atoms in total. The highest BCUT2D eigenvalue weighted by molar-refractivity contribution is 5.92. The smallest absolute Gasteiger partial charge is 0.307 e. The second-order valence-electron chi connectivity index (χ2n) is 7.11. The first kappa shape index (κ1) is 20.2. The summed E-state index contributed by atoms with van der Waals surface area (Å²) in [7, 11) is 0. The lowest BCUT2D eigenvalue weighted by atomic mass is 10.2. The molecule has 0 aliphatic carbocycles. The molecule has 0 spiro atoms. The Kier molecular flexibility index (Phi) is 5.98. The first-order valence-electron chi connectivity index (χ1n) is 9.95. The number of ether oxygens (including phenoxy) is 1. The molecule has 0 aliphatic rings. The normalized spacial score (nSPS) is 11.0. The Labute approximate surface area is 180 Å². The van der Waals surface area contributed by atoms with E-state index < -0.39 is 5.91 Å². The predicted molar refractivity (Wildman–Crippen MR) is 120 cm³/mol. The van der Waals surface area contributed by atoms with Crippen LogP contribution in [0.25, 0.3) is 5.69 Å². The molecule has 0 bridgehead atoms. The second-order valence-corrected chi connectivity index (χ2v) is 7.11. The van der Waals surface area contributed by atoms with Gasteiger partial charge in [-0.3, -0.25) is 4.79 Å².